The molecule has 4 N–H and O–H groups in total. The van der Waals surface area contributed by atoms with Crippen molar-refractivity contribution in [1.29, 1.82) is 0 Å². The van der Waals surface area contributed by atoms with Crippen molar-refractivity contribution in [1.82, 2.24) is 14.5 Å². The van der Waals surface area contributed by atoms with Gasteiger partial charge in [-0.15, -0.1) is 0 Å². The Labute approximate surface area is 193 Å². The van der Waals surface area contributed by atoms with Crippen LogP contribution in [0.5, 0.6) is 0 Å². The summed E-state index contributed by atoms with van der Waals surface area (Å²) in [5.41, 5.74) is 6.24. The minimum absolute atomic E-state index is 0.0679. The topological polar surface area (TPSA) is 123 Å². The van der Waals surface area contributed by atoms with Gasteiger partial charge in [-0.05, 0) is 64.0 Å². The van der Waals surface area contributed by atoms with E-state index in [2.05, 4.69) is 29.0 Å². The molecule has 32 heavy (non-hydrogen) atoms. The van der Waals surface area contributed by atoms with E-state index in [1.165, 1.54) is 43.8 Å². The fourth-order valence-electron chi connectivity index (χ4n) is 3.26. The SMILES string of the molecule is CC(C)N1CCC(N)CC1.COCc1nc(C(=O)O)cn1CC(=O)Nc1ccc(Cl)cc1. The summed E-state index contributed by atoms with van der Waals surface area (Å²) in [5, 5.41) is 12.2. The maximum Gasteiger partial charge on any atom is 0.356 e. The van der Waals surface area contributed by atoms with E-state index in [0.29, 0.717) is 28.6 Å². The highest BCUT2D eigenvalue weighted by Gasteiger charge is 2.17. The number of carboxylic acid groups (broad SMARTS) is 1. The molecular formula is C22H32ClN5O4. The average molecular weight is 466 g/mol. The Kier molecular flexibility index (Phi) is 10.1. The summed E-state index contributed by atoms with van der Waals surface area (Å²) in [5.74, 6) is -1.10. The van der Waals surface area contributed by atoms with Crippen LogP contribution in [-0.2, 0) is 22.7 Å². The number of rotatable bonds is 7. The van der Waals surface area contributed by atoms with Gasteiger partial charge in [-0.3, -0.25) is 4.79 Å². The van der Waals surface area contributed by atoms with Crippen LogP contribution in [0.1, 0.15) is 43.0 Å². The minimum atomic E-state index is -1.16. The van der Waals surface area contributed by atoms with Crippen LogP contribution in [0.3, 0.4) is 0 Å². The lowest BCUT2D eigenvalue weighted by Crippen LogP contribution is -2.42. The first-order valence-electron chi connectivity index (χ1n) is 10.5. The van der Waals surface area contributed by atoms with Crippen LogP contribution in [0.15, 0.2) is 30.5 Å². The van der Waals surface area contributed by atoms with E-state index in [-0.39, 0.29) is 24.8 Å². The number of imidazole rings is 1. The molecule has 0 atom stereocenters. The van der Waals surface area contributed by atoms with Gasteiger partial charge in [0.15, 0.2) is 5.69 Å². The van der Waals surface area contributed by atoms with Crippen molar-refractivity contribution >= 4 is 29.2 Å². The lowest BCUT2D eigenvalue weighted by Gasteiger charge is -2.32. The molecule has 10 heteroatoms. The summed E-state index contributed by atoms with van der Waals surface area (Å²) >= 11 is 5.77. The summed E-state index contributed by atoms with van der Waals surface area (Å²) < 4.78 is 6.39. The monoisotopic (exact) mass is 465 g/mol. The van der Waals surface area contributed by atoms with Gasteiger partial charge >= 0.3 is 5.97 Å². The Morgan fingerprint density at radius 1 is 1.28 bits per heavy atom. The van der Waals surface area contributed by atoms with Gasteiger partial charge in [-0.25, -0.2) is 9.78 Å². The number of methoxy groups -OCH3 is 1. The number of nitrogens with zero attached hydrogens (tertiary/aromatic N) is 3. The number of hydrogen-bond donors (Lipinski definition) is 3. The third-order valence-electron chi connectivity index (χ3n) is 5.10. The zero-order valence-corrected chi connectivity index (χ0v) is 19.5. The predicted octanol–water partition coefficient (Wildman–Crippen LogP) is 2.84. The molecule has 2 aromatic rings. The molecule has 0 radical (unpaired) electrons. The Bertz CT molecular complexity index is 877. The first-order valence-corrected chi connectivity index (χ1v) is 10.9. The van der Waals surface area contributed by atoms with Crippen molar-refractivity contribution in [3.63, 3.8) is 0 Å². The van der Waals surface area contributed by atoms with Gasteiger partial charge < -0.3 is 30.4 Å². The minimum Gasteiger partial charge on any atom is -0.476 e. The number of hydrogen-bond acceptors (Lipinski definition) is 6. The summed E-state index contributed by atoms with van der Waals surface area (Å²) in [4.78, 5) is 29.4. The number of amides is 1. The first kappa shape index (κ1) is 25.8. The molecule has 1 aliphatic rings. The number of carbonyl (C=O) groups excluding carboxylic acids is 1. The van der Waals surface area contributed by atoms with Crippen molar-refractivity contribution in [2.45, 2.75) is 51.9 Å². The van der Waals surface area contributed by atoms with Crippen LogP contribution in [0.4, 0.5) is 5.69 Å². The van der Waals surface area contributed by atoms with Crippen LogP contribution in [0, 0.1) is 0 Å². The maximum absolute atomic E-state index is 12.0. The number of aromatic nitrogens is 2. The molecule has 1 aromatic carbocycles. The van der Waals surface area contributed by atoms with Gasteiger partial charge in [-0.1, -0.05) is 11.6 Å². The summed E-state index contributed by atoms with van der Waals surface area (Å²) in [6.45, 7) is 6.93. The van der Waals surface area contributed by atoms with Crippen molar-refractivity contribution in [3.05, 3.63) is 47.0 Å². The van der Waals surface area contributed by atoms with Gasteiger partial charge in [0.2, 0.25) is 5.91 Å². The highest BCUT2D eigenvalue weighted by atomic mass is 35.5. The third-order valence-corrected chi connectivity index (χ3v) is 5.35. The maximum atomic E-state index is 12.0. The fraction of sp³-hybridized carbons (Fsp3) is 0.500. The zero-order chi connectivity index (χ0) is 23.7. The molecule has 2 heterocycles. The Hall–Kier alpha value is -2.46. The molecule has 1 aliphatic heterocycles. The van der Waals surface area contributed by atoms with E-state index in [0.717, 1.165) is 0 Å². The smallest absolute Gasteiger partial charge is 0.356 e. The average Bonchev–Trinajstić information content (AvgIpc) is 3.13. The van der Waals surface area contributed by atoms with E-state index in [1.807, 2.05) is 0 Å². The number of anilines is 1. The van der Waals surface area contributed by atoms with E-state index in [9.17, 15) is 9.59 Å². The van der Waals surface area contributed by atoms with Crippen molar-refractivity contribution in [2.75, 3.05) is 25.5 Å². The molecule has 0 unspecified atom stereocenters. The zero-order valence-electron chi connectivity index (χ0n) is 18.8. The summed E-state index contributed by atoms with van der Waals surface area (Å²) in [6.07, 6.45) is 3.66. The fourth-order valence-corrected chi connectivity index (χ4v) is 3.39. The molecule has 0 spiro atoms. The van der Waals surface area contributed by atoms with Crippen molar-refractivity contribution in [3.8, 4) is 0 Å². The van der Waals surface area contributed by atoms with Gasteiger partial charge in [0.1, 0.15) is 19.0 Å². The van der Waals surface area contributed by atoms with Crippen LogP contribution in [0.25, 0.3) is 0 Å². The second kappa shape index (κ2) is 12.5. The van der Waals surface area contributed by atoms with Crippen LogP contribution >= 0.6 is 11.6 Å². The highest BCUT2D eigenvalue weighted by Crippen LogP contribution is 2.14. The van der Waals surface area contributed by atoms with Gasteiger partial charge in [-0.2, -0.15) is 0 Å². The quantitative estimate of drug-likeness (QED) is 0.574. The number of benzene rings is 1. The largest absolute Gasteiger partial charge is 0.476 e. The van der Waals surface area contributed by atoms with Crippen molar-refractivity contribution < 1.29 is 19.4 Å². The first-order chi connectivity index (χ1) is 15.2. The number of aromatic carboxylic acids is 1. The predicted molar refractivity (Wildman–Crippen MR) is 124 cm³/mol. The van der Waals surface area contributed by atoms with E-state index < -0.39 is 5.97 Å². The molecule has 0 bridgehead atoms. The molecule has 1 amide bonds. The second-order valence-electron chi connectivity index (χ2n) is 7.93. The highest BCUT2D eigenvalue weighted by molar-refractivity contribution is 6.30. The Morgan fingerprint density at radius 3 is 2.44 bits per heavy atom. The molecule has 176 valence electrons. The van der Waals surface area contributed by atoms with E-state index in [4.69, 9.17) is 27.2 Å². The Morgan fingerprint density at radius 2 is 1.91 bits per heavy atom. The van der Waals surface area contributed by atoms with Gasteiger partial charge in [0.05, 0.1) is 0 Å². The molecule has 0 saturated carbocycles. The number of carboxylic acids is 1. The Balaban J connectivity index is 0.000000303. The normalized spacial score (nSPS) is 14.7. The number of nitrogens with one attached hydrogen (secondary N) is 1. The molecule has 3 rings (SSSR count). The van der Waals surface area contributed by atoms with Crippen LogP contribution in [0.2, 0.25) is 5.02 Å². The van der Waals surface area contributed by atoms with Crippen LogP contribution < -0.4 is 11.1 Å². The lowest BCUT2D eigenvalue weighted by atomic mass is 10.1. The second-order valence-corrected chi connectivity index (χ2v) is 8.37. The standard InChI is InChI=1S/C14H14ClN3O4.C8H18N2/c1-22-8-12-17-11(14(20)21)6-18(12)7-13(19)16-10-4-2-9(15)3-5-10;1-7(2)10-5-3-8(9)4-6-10/h2-6H,7-8H2,1H3,(H,16,19)(H,20,21);7-8H,3-6,9H2,1-2H3. The third kappa shape index (κ3) is 8.23. The number of likely N-dealkylation sites (tertiary alicyclic amines) is 1. The molecule has 9 nitrogen and oxygen atoms in total. The number of carbonyl (C=O) groups is 2. The molecule has 1 saturated heterocycles. The summed E-state index contributed by atoms with van der Waals surface area (Å²) in [7, 11) is 1.47. The molecular weight excluding hydrogens is 434 g/mol. The number of ether oxygens (including phenoxy) is 1. The molecule has 0 aliphatic carbocycles. The molecule has 1 aromatic heterocycles. The molecule has 1 fully saturated rings. The van der Waals surface area contributed by atoms with E-state index >= 15 is 0 Å². The number of piperidine rings is 1. The number of halogens is 1. The lowest BCUT2D eigenvalue weighted by molar-refractivity contribution is -0.116. The van der Waals surface area contributed by atoms with Gasteiger partial charge in [0, 0.05) is 36.1 Å². The summed E-state index contributed by atoms with van der Waals surface area (Å²) in [6, 6.07) is 7.84. The van der Waals surface area contributed by atoms with Crippen molar-refractivity contribution in [2.24, 2.45) is 5.73 Å². The number of nitrogens with two attached hydrogens (primary N) is 1. The van der Waals surface area contributed by atoms with Gasteiger partial charge in [0.25, 0.3) is 0 Å². The van der Waals surface area contributed by atoms with E-state index in [1.54, 1.807) is 24.3 Å². The van der Waals surface area contributed by atoms with Crippen LogP contribution in [-0.4, -0.2) is 63.7 Å².